The van der Waals surface area contributed by atoms with Gasteiger partial charge in [0.05, 0.1) is 42.5 Å². The Morgan fingerprint density at radius 1 is 0.717 bits per heavy atom. The summed E-state index contributed by atoms with van der Waals surface area (Å²) in [5.41, 5.74) is 5.36. The molecule has 27 nitrogen and oxygen atoms in total. The van der Waals surface area contributed by atoms with Gasteiger partial charge in [0.1, 0.15) is 88.8 Å². The van der Waals surface area contributed by atoms with Crippen molar-refractivity contribution in [3.63, 3.8) is 0 Å². The van der Waals surface area contributed by atoms with Gasteiger partial charge in [0.25, 0.3) is 40.9 Å². The predicted molar refractivity (Wildman–Crippen MR) is 339 cm³/mol. The third-order valence-corrected chi connectivity index (χ3v) is 19.9. The van der Waals surface area contributed by atoms with E-state index < -0.39 is 95.4 Å². The number of aromatic nitrogens is 7. The molecule has 470 valence electrons. The molecule has 2 aromatic carbocycles. The van der Waals surface area contributed by atoms with Crippen LogP contribution in [-0.2, 0) is 30.3 Å². The number of nitrogens with zero attached hydrogens (tertiary/aromatic N) is 7. The molecule has 1 fully saturated rings. The molecule has 0 spiro atoms. The summed E-state index contributed by atoms with van der Waals surface area (Å²) in [5, 5.41) is 70.8. The molecule has 0 saturated carbocycles. The van der Waals surface area contributed by atoms with Gasteiger partial charge in [0.2, 0.25) is 11.8 Å². The molecule has 11 rings (SSSR count). The lowest BCUT2D eigenvalue weighted by atomic mass is 9.97. The number of nitrogens with two attached hydrogens (primary N) is 1. The first kappa shape index (κ1) is 63.7. The number of aromatic hydroxyl groups is 1. The van der Waals surface area contributed by atoms with Crippen molar-refractivity contribution in [2.24, 2.45) is 11.7 Å². The van der Waals surface area contributed by atoms with Crippen LogP contribution < -0.4 is 42.4 Å². The second-order valence-corrected chi connectivity index (χ2v) is 26.4. The minimum absolute atomic E-state index is 0.0223. The number of carboxylic acid groups (broad SMARTS) is 1. The fraction of sp³-hybridized carbons (Fsp3) is 0.203. The lowest BCUT2D eigenvalue weighted by Crippen LogP contribution is -2.50. The minimum Gasteiger partial charge on any atom is -0.618 e. The maximum absolute atomic E-state index is 15.1. The van der Waals surface area contributed by atoms with Crippen molar-refractivity contribution in [1.29, 1.82) is 0 Å². The molecule has 9 heterocycles. The van der Waals surface area contributed by atoms with Crippen LogP contribution >= 0.6 is 68.0 Å². The summed E-state index contributed by atoms with van der Waals surface area (Å²) in [7, 11) is 0. The highest BCUT2D eigenvalue weighted by Gasteiger charge is 2.40. The van der Waals surface area contributed by atoms with Gasteiger partial charge in [-0.3, -0.25) is 33.6 Å². The molecule has 10 bridgehead atoms. The number of ether oxygens (including phenoxy) is 1. The number of aryl methyl sites for hydroxylation is 1. The number of epoxide rings is 1. The van der Waals surface area contributed by atoms with Crippen molar-refractivity contribution in [3.05, 3.63) is 177 Å². The van der Waals surface area contributed by atoms with Crippen LogP contribution in [0.4, 0.5) is 0 Å². The monoisotopic (exact) mass is 1350 g/mol. The van der Waals surface area contributed by atoms with E-state index in [1.165, 1.54) is 45.7 Å². The second-order valence-electron chi connectivity index (χ2n) is 20.8. The Bertz CT molecular complexity index is 4420. The average Bonchev–Trinajstić information content (AvgIpc) is 1.53. The third kappa shape index (κ3) is 14.0. The summed E-state index contributed by atoms with van der Waals surface area (Å²) in [6.07, 6.45) is -2.23. The van der Waals surface area contributed by atoms with Crippen LogP contribution in [-0.4, -0.2) is 111 Å². The smallest absolute Gasteiger partial charge is 0.351 e. The number of fused-ring (bicyclic) bond motifs is 14. The van der Waals surface area contributed by atoms with Crippen LogP contribution in [0.5, 0.6) is 5.75 Å². The zero-order valence-electron chi connectivity index (χ0n) is 47.9. The number of phenolic OH excluding ortho intramolecular Hbond substituents is 1. The second kappa shape index (κ2) is 26.9. The van der Waals surface area contributed by atoms with Crippen LogP contribution in [0, 0.1) is 18.0 Å². The highest BCUT2D eigenvalue weighted by Crippen LogP contribution is 2.40. The van der Waals surface area contributed by atoms with Gasteiger partial charge >= 0.3 is 5.97 Å². The zero-order chi connectivity index (χ0) is 65.2. The summed E-state index contributed by atoms with van der Waals surface area (Å²) in [5.74, 6) is -7.66. The lowest BCUT2D eigenvalue weighted by molar-refractivity contribution is -0.581. The number of carbonyl (C=O) groups excluding carboxylic acids is 7. The van der Waals surface area contributed by atoms with Gasteiger partial charge in [-0.15, -0.1) is 68.0 Å². The van der Waals surface area contributed by atoms with E-state index in [0.717, 1.165) is 56.7 Å². The fourth-order valence-corrected chi connectivity index (χ4v) is 14.8. The molecule has 2 aliphatic rings. The van der Waals surface area contributed by atoms with Gasteiger partial charge < -0.3 is 62.9 Å². The number of carbonyl (C=O) groups is 8. The quantitative estimate of drug-likeness (QED) is 0.0266. The molecule has 7 aromatic heterocycles. The molecule has 9 aromatic rings. The molecule has 11 N–H and O–H groups in total. The number of nitrogens with one attached hydrogen (secondary N) is 6. The van der Waals surface area contributed by atoms with Crippen LogP contribution in [0.25, 0.3) is 43.4 Å². The first-order chi connectivity index (χ1) is 44.1. The van der Waals surface area contributed by atoms with Crippen molar-refractivity contribution < 1.29 is 63.1 Å². The topological polar surface area (TPSA) is 412 Å². The standard InChI is InChI=1S/C59H50N14O13S6/c1-24(40-18-86-40)42-57-69-38(23-91-57)54-65-34(19-88-54)45-31(14-15-39(73(45)85)56-67-35(21-89-56)49(79)61-25(2)47(77)62-26(3)59(83)84)53-66-36(20-87-53)51(81)64-33(17-41(60)75)55-72-43(27(4)92-55)52(82)71-44(46(76)29-8-6-5-7-9-29)58-68-37(22-90-58)50(80)63-32(48(78)70-42)16-28-10-12-30(74)13-11-28/h5-15,19-24,32-33,40,42,44,46,74,76H,2-3,16-18H2,1,4H3,(H2,60,75)(H,61,79)(H,62,77)(H,63,80)(H,64,81)(H,70,78)(H,71,82)(H,83,84)/t24-,32-,33-,40?,42-,44-,46+/m0/s1. The Morgan fingerprint density at radius 2 is 1.35 bits per heavy atom. The number of hydrogen-bond acceptors (Lipinski definition) is 24. The highest BCUT2D eigenvalue weighted by molar-refractivity contribution is 7.15. The number of pyridine rings is 1. The first-order valence-corrected chi connectivity index (χ1v) is 32.7. The fourth-order valence-electron chi connectivity index (χ4n) is 9.49. The van der Waals surface area contributed by atoms with Gasteiger partial charge in [0, 0.05) is 50.2 Å². The van der Waals surface area contributed by atoms with Crippen molar-refractivity contribution >= 4 is 115 Å². The summed E-state index contributed by atoms with van der Waals surface area (Å²) in [6.45, 7) is 10.6. The Morgan fingerprint density at radius 3 is 2.05 bits per heavy atom. The maximum Gasteiger partial charge on any atom is 0.351 e. The summed E-state index contributed by atoms with van der Waals surface area (Å²) in [4.78, 5) is 136. The van der Waals surface area contributed by atoms with Gasteiger partial charge in [-0.1, -0.05) is 62.5 Å². The number of carboxylic acids is 1. The molecule has 33 heteroatoms. The molecule has 0 radical (unpaired) electrons. The molecular weight excluding hydrogens is 1310 g/mol. The molecular formula is C59H50N14O13S6. The van der Waals surface area contributed by atoms with Crippen LogP contribution in [0.2, 0.25) is 0 Å². The van der Waals surface area contributed by atoms with Crippen molar-refractivity contribution in [2.45, 2.75) is 63.1 Å². The number of rotatable bonds is 14. The average molecular weight is 1360 g/mol. The van der Waals surface area contributed by atoms with Crippen LogP contribution in [0.1, 0.15) is 111 Å². The summed E-state index contributed by atoms with van der Waals surface area (Å²) < 4.78 is 6.26. The van der Waals surface area contributed by atoms with Gasteiger partial charge in [-0.05, 0) is 36.2 Å². The van der Waals surface area contributed by atoms with Crippen LogP contribution in [0.3, 0.4) is 0 Å². The number of aliphatic hydroxyl groups excluding tert-OH is 1. The molecule has 2 aliphatic heterocycles. The van der Waals surface area contributed by atoms with E-state index in [-0.39, 0.29) is 89.6 Å². The number of amides is 7. The number of aliphatic carboxylic acids is 1. The summed E-state index contributed by atoms with van der Waals surface area (Å²) >= 11 is 6.20. The molecule has 1 unspecified atom stereocenters. The third-order valence-electron chi connectivity index (χ3n) is 14.4. The van der Waals surface area contributed by atoms with E-state index in [2.05, 4.69) is 59.7 Å². The SMILES string of the molecule is C=C(NC(=O)C(=C)NC(=O)c1csc(-c2ccc3c([n+]2[O-])-c2csc(n2)-c2csc(n2)[C@H]([C@@H](C)C2CO2)NC(=O)[C@H](Cc2ccc(O)cc2)NC(=O)c2csc(n2)[C@H]([C@H](O)c2ccccc2)NC(=O)c2nc(sc2C)[C@H](CC(N)=O)NC(=O)c2csc-3n2)n1)C(=O)O. The Balaban J connectivity index is 0.996. The highest BCUT2D eigenvalue weighted by atomic mass is 32.1. The number of aliphatic hydroxyl groups is 1. The minimum atomic E-state index is -1.51. The molecule has 0 aliphatic carbocycles. The van der Waals surface area contributed by atoms with Gasteiger partial charge in [-0.2, -0.15) is 4.73 Å². The van der Waals surface area contributed by atoms with E-state index >= 15 is 5.21 Å². The largest absolute Gasteiger partial charge is 0.618 e. The maximum atomic E-state index is 15.1. The van der Waals surface area contributed by atoms with E-state index in [9.17, 15) is 48.6 Å². The van der Waals surface area contributed by atoms with E-state index in [0.29, 0.717) is 43.1 Å². The summed E-state index contributed by atoms with van der Waals surface area (Å²) in [6, 6.07) is 12.9. The molecule has 7 atom stereocenters. The van der Waals surface area contributed by atoms with Crippen molar-refractivity contribution in [3.8, 4) is 49.1 Å². The van der Waals surface area contributed by atoms with E-state index in [1.807, 2.05) is 12.2 Å². The normalized spacial score (nSPS) is 18.2. The number of benzene rings is 2. The van der Waals surface area contributed by atoms with Crippen molar-refractivity contribution in [1.82, 2.24) is 61.8 Å². The molecule has 1 saturated heterocycles. The molecule has 92 heavy (non-hydrogen) atoms. The van der Waals surface area contributed by atoms with E-state index in [4.69, 9.17) is 25.5 Å². The zero-order valence-corrected chi connectivity index (χ0v) is 52.8. The predicted octanol–water partition coefficient (Wildman–Crippen LogP) is 5.80. The van der Waals surface area contributed by atoms with Gasteiger partial charge in [-0.25, -0.2) is 34.7 Å². The molecule has 7 amide bonds. The van der Waals surface area contributed by atoms with Crippen LogP contribution in [0.15, 0.2) is 118 Å². The van der Waals surface area contributed by atoms with Gasteiger partial charge in [0.15, 0.2) is 5.01 Å². The van der Waals surface area contributed by atoms with E-state index in [1.54, 1.807) is 66.2 Å². The number of thiazole rings is 6. The Kier molecular flexibility index (Phi) is 18.6. The Hall–Kier alpha value is -9.87. The number of primary amides is 1. The number of phenols is 1. The lowest BCUT2D eigenvalue weighted by Gasteiger charge is -2.26. The number of hydrogen-bond donors (Lipinski definition) is 10. The first-order valence-electron chi connectivity index (χ1n) is 27.5. The Labute approximate surface area is 544 Å². The van der Waals surface area contributed by atoms with Crippen molar-refractivity contribution in [2.75, 3.05) is 6.61 Å².